The second-order valence-electron chi connectivity index (χ2n) is 5.43. The Hall–Kier alpha value is -1.62. The third-order valence-electron chi connectivity index (χ3n) is 4.18. The summed E-state index contributed by atoms with van der Waals surface area (Å²) < 4.78 is 0. The van der Waals surface area contributed by atoms with Crippen LogP contribution in [-0.4, -0.2) is 23.1 Å². The fourth-order valence-electron chi connectivity index (χ4n) is 2.90. The van der Waals surface area contributed by atoms with Crippen molar-refractivity contribution in [3.05, 3.63) is 33.9 Å². The molecule has 1 unspecified atom stereocenters. The lowest BCUT2D eigenvalue weighted by molar-refractivity contribution is -0.384. The molecule has 2 rings (SSSR count). The average molecular weight is 278 g/mol. The van der Waals surface area contributed by atoms with Gasteiger partial charge in [-0.3, -0.25) is 10.1 Å². The zero-order valence-corrected chi connectivity index (χ0v) is 11.9. The van der Waals surface area contributed by atoms with E-state index in [1.54, 1.807) is 12.1 Å². The molecule has 0 amide bonds. The molecule has 0 saturated carbocycles. The summed E-state index contributed by atoms with van der Waals surface area (Å²) in [5.74, 6) is 0.732. The number of nitro groups is 1. The van der Waals surface area contributed by atoms with Crippen LogP contribution in [0, 0.1) is 16.0 Å². The van der Waals surface area contributed by atoms with E-state index < -0.39 is 0 Å². The van der Waals surface area contributed by atoms with Crippen molar-refractivity contribution < 1.29 is 10.0 Å². The smallest absolute Gasteiger partial charge is 0.292 e. The lowest BCUT2D eigenvalue weighted by Gasteiger charge is -2.22. The first-order valence-corrected chi connectivity index (χ1v) is 7.28. The zero-order chi connectivity index (χ0) is 14.5. The monoisotopic (exact) mass is 278 g/mol. The number of nitrogens with zero attached hydrogens (tertiary/aromatic N) is 2. The second-order valence-corrected chi connectivity index (χ2v) is 5.43. The van der Waals surface area contributed by atoms with Crippen molar-refractivity contribution in [1.29, 1.82) is 0 Å². The van der Waals surface area contributed by atoms with Crippen molar-refractivity contribution in [2.75, 3.05) is 18.0 Å². The van der Waals surface area contributed by atoms with Gasteiger partial charge in [-0.2, -0.15) is 0 Å². The highest BCUT2D eigenvalue weighted by molar-refractivity contribution is 5.64. The normalized spacial score (nSPS) is 19.7. The maximum absolute atomic E-state index is 11.2. The van der Waals surface area contributed by atoms with Crippen LogP contribution in [0.5, 0.6) is 0 Å². The summed E-state index contributed by atoms with van der Waals surface area (Å²) in [6.07, 6.45) is 4.56. The Kier molecular flexibility index (Phi) is 4.95. The summed E-state index contributed by atoms with van der Waals surface area (Å²) in [5.41, 5.74) is 1.37. The standard InChI is InChI=1S/C15H22N2O3/c1-2-12-4-3-8-16(9-7-12)14-6-5-13(11-18)10-15(14)17(19)20/h5-6,10,12,18H,2-4,7-9,11H2,1H3. The van der Waals surface area contributed by atoms with E-state index in [1.807, 2.05) is 0 Å². The van der Waals surface area contributed by atoms with Gasteiger partial charge < -0.3 is 10.0 Å². The van der Waals surface area contributed by atoms with Crippen LogP contribution in [0.4, 0.5) is 11.4 Å². The number of anilines is 1. The molecular weight excluding hydrogens is 256 g/mol. The molecule has 0 radical (unpaired) electrons. The van der Waals surface area contributed by atoms with Crippen molar-refractivity contribution in [3.8, 4) is 0 Å². The summed E-state index contributed by atoms with van der Waals surface area (Å²) in [5, 5.41) is 20.4. The second kappa shape index (κ2) is 6.70. The summed E-state index contributed by atoms with van der Waals surface area (Å²) in [6.45, 7) is 3.78. The van der Waals surface area contributed by atoms with Crippen LogP contribution in [0.15, 0.2) is 18.2 Å². The SMILES string of the molecule is CCC1CCCN(c2ccc(CO)cc2[N+](=O)[O-])CC1. The van der Waals surface area contributed by atoms with Crippen molar-refractivity contribution in [2.45, 2.75) is 39.2 Å². The van der Waals surface area contributed by atoms with Crippen LogP contribution in [-0.2, 0) is 6.61 Å². The van der Waals surface area contributed by atoms with E-state index in [0.717, 1.165) is 31.8 Å². The van der Waals surface area contributed by atoms with Gasteiger partial charge in [-0.15, -0.1) is 0 Å². The highest BCUT2D eigenvalue weighted by Gasteiger charge is 2.22. The van der Waals surface area contributed by atoms with E-state index in [9.17, 15) is 10.1 Å². The van der Waals surface area contributed by atoms with E-state index in [2.05, 4.69) is 11.8 Å². The first-order chi connectivity index (χ1) is 9.65. The number of rotatable bonds is 4. The van der Waals surface area contributed by atoms with Gasteiger partial charge in [0.25, 0.3) is 5.69 Å². The Morgan fingerprint density at radius 2 is 2.20 bits per heavy atom. The Morgan fingerprint density at radius 3 is 2.85 bits per heavy atom. The molecular formula is C15H22N2O3. The average Bonchev–Trinajstić information content (AvgIpc) is 2.71. The predicted molar refractivity (Wildman–Crippen MR) is 78.9 cm³/mol. The van der Waals surface area contributed by atoms with Crippen molar-refractivity contribution in [2.24, 2.45) is 5.92 Å². The molecule has 1 aliphatic rings. The fraction of sp³-hybridized carbons (Fsp3) is 0.600. The van der Waals surface area contributed by atoms with E-state index in [1.165, 1.54) is 18.9 Å². The van der Waals surface area contributed by atoms with Crippen LogP contribution in [0.1, 0.15) is 38.2 Å². The number of nitro benzene ring substituents is 1. The molecule has 1 aromatic rings. The molecule has 110 valence electrons. The van der Waals surface area contributed by atoms with E-state index in [4.69, 9.17) is 5.11 Å². The number of hydrogen-bond acceptors (Lipinski definition) is 4. The van der Waals surface area contributed by atoms with Crippen LogP contribution in [0.3, 0.4) is 0 Å². The number of aliphatic hydroxyl groups is 1. The molecule has 0 spiro atoms. The topological polar surface area (TPSA) is 66.6 Å². The van der Waals surface area contributed by atoms with Crippen molar-refractivity contribution in [1.82, 2.24) is 0 Å². The molecule has 0 bridgehead atoms. The third-order valence-corrected chi connectivity index (χ3v) is 4.18. The van der Waals surface area contributed by atoms with Gasteiger partial charge >= 0.3 is 0 Å². The largest absolute Gasteiger partial charge is 0.392 e. The summed E-state index contributed by atoms with van der Waals surface area (Å²) in [7, 11) is 0. The number of aliphatic hydroxyl groups excluding tert-OH is 1. The molecule has 0 aromatic heterocycles. The Labute approximate surface area is 119 Å². The van der Waals surface area contributed by atoms with Gasteiger partial charge in [-0.1, -0.05) is 19.4 Å². The number of benzene rings is 1. The van der Waals surface area contributed by atoms with Crippen LogP contribution in [0.25, 0.3) is 0 Å². The lowest BCUT2D eigenvalue weighted by Crippen LogP contribution is -2.25. The first kappa shape index (κ1) is 14.8. The summed E-state index contributed by atoms with van der Waals surface area (Å²) in [4.78, 5) is 13.0. The minimum atomic E-state index is -0.351. The molecule has 1 aromatic carbocycles. The van der Waals surface area contributed by atoms with E-state index in [0.29, 0.717) is 11.3 Å². The fourth-order valence-corrected chi connectivity index (χ4v) is 2.90. The van der Waals surface area contributed by atoms with Gasteiger partial charge in [-0.05, 0) is 36.8 Å². The molecule has 1 N–H and O–H groups in total. The molecule has 1 aliphatic heterocycles. The van der Waals surface area contributed by atoms with Crippen LogP contribution < -0.4 is 4.90 Å². The minimum Gasteiger partial charge on any atom is -0.392 e. The summed E-state index contributed by atoms with van der Waals surface area (Å²) in [6, 6.07) is 5.03. The van der Waals surface area contributed by atoms with Gasteiger partial charge in [0.15, 0.2) is 0 Å². The van der Waals surface area contributed by atoms with Gasteiger partial charge in [-0.25, -0.2) is 0 Å². The molecule has 1 saturated heterocycles. The van der Waals surface area contributed by atoms with Crippen molar-refractivity contribution in [3.63, 3.8) is 0 Å². The van der Waals surface area contributed by atoms with Gasteiger partial charge in [0.05, 0.1) is 11.5 Å². The minimum absolute atomic E-state index is 0.103. The van der Waals surface area contributed by atoms with Crippen LogP contribution in [0.2, 0.25) is 0 Å². The van der Waals surface area contributed by atoms with Crippen LogP contribution >= 0.6 is 0 Å². The Bertz CT molecular complexity index is 476. The number of hydrogen-bond donors (Lipinski definition) is 1. The third kappa shape index (κ3) is 3.28. The Balaban J connectivity index is 2.25. The Morgan fingerprint density at radius 1 is 1.40 bits per heavy atom. The molecule has 1 fully saturated rings. The van der Waals surface area contributed by atoms with Gasteiger partial charge in [0.1, 0.15) is 5.69 Å². The highest BCUT2D eigenvalue weighted by Crippen LogP contribution is 2.32. The lowest BCUT2D eigenvalue weighted by atomic mass is 9.98. The molecule has 5 nitrogen and oxygen atoms in total. The van der Waals surface area contributed by atoms with E-state index in [-0.39, 0.29) is 17.2 Å². The zero-order valence-electron chi connectivity index (χ0n) is 11.9. The first-order valence-electron chi connectivity index (χ1n) is 7.28. The predicted octanol–water partition coefficient (Wildman–Crippen LogP) is 3.10. The van der Waals surface area contributed by atoms with Crippen molar-refractivity contribution >= 4 is 11.4 Å². The quantitative estimate of drug-likeness (QED) is 0.679. The summed E-state index contributed by atoms with van der Waals surface area (Å²) >= 11 is 0. The van der Waals surface area contributed by atoms with Gasteiger partial charge in [0, 0.05) is 19.2 Å². The highest BCUT2D eigenvalue weighted by atomic mass is 16.6. The maximum atomic E-state index is 11.2. The maximum Gasteiger partial charge on any atom is 0.292 e. The molecule has 20 heavy (non-hydrogen) atoms. The molecule has 5 heteroatoms. The van der Waals surface area contributed by atoms with E-state index >= 15 is 0 Å². The molecule has 1 atom stereocenters. The molecule has 1 heterocycles. The molecule has 0 aliphatic carbocycles. The van der Waals surface area contributed by atoms with Gasteiger partial charge in [0.2, 0.25) is 0 Å².